The van der Waals surface area contributed by atoms with Gasteiger partial charge in [0.15, 0.2) is 0 Å². The molecule has 0 radical (unpaired) electrons. The first-order valence-corrected chi connectivity index (χ1v) is 6.51. The fourth-order valence-electron chi connectivity index (χ4n) is 1.87. The second-order valence-corrected chi connectivity index (χ2v) is 5.05. The molecular formula is C14H10Cl2FNO2. The number of halogens is 3. The topological polar surface area (TPSA) is 50.2 Å². The SMILES string of the molecule is O=C(O)C(Cc1ccccc1Cl)c1ncc(Cl)cc1F. The van der Waals surface area contributed by atoms with Gasteiger partial charge in [0.1, 0.15) is 11.7 Å². The van der Waals surface area contributed by atoms with Gasteiger partial charge in [-0.05, 0) is 24.1 Å². The maximum absolute atomic E-state index is 13.8. The first-order chi connectivity index (χ1) is 9.49. The van der Waals surface area contributed by atoms with Gasteiger partial charge < -0.3 is 5.11 Å². The number of hydrogen-bond donors (Lipinski definition) is 1. The molecule has 2 rings (SSSR count). The van der Waals surface area contributed by atoms with Crippen molar-refractivity contribution in [3.05, 3.63) is 63.6 Å². The number of aromatic nitrogens is 1. The lowest BCUT2D eigenvalue weighted by Crippen LogP contribution is -2.17. The zero-order chi connectivity index (χ0) is 14.7. The number of rotatable bonds is 4. The van der Waals surface area contributed by atoms with E-state index in [9.17, 15) is 14.3 Å². The molecule has 20 heavy (non-hydrogen) atoms. The summed E-state index contributed by atoms with van der Waals surface area (Å²) in [7, 11) is 0. The highest BCUT2D eigenvalue weighted by Gasteiger charge is 2.26. The molecule has 1 aromatic heterocycles. The van der Waals surface area contributed by atoms with E-state index in [1.165, 1.54) is 6.20 Å². The van der Waals surface area contributed by atoms with Gasteiger partial charge in [-0.15, -0.1) is 0 Å². The Bertz CT molecular complexity index is 649. The highest BCUT2D eigenvalue weighted by Crippen LogP contribution is 2.27. The molecule has 0 aliphatic rings. The average Bonchev–Trinajstić information content (AvgIpc) is 2.38. The predicted octanol–water partition coefficient (Wildman–Crippen LogP) is 3.94. The zero-order valence-electron chi connectivity index (χ0n) is 10.2. The number of nitrogens with zero attached hydrogens (tertiary/aromatic N) is 1. The molecule has 0 aliphatic carbocycles. The molecule has 1 atom stereocenters. The van der Waals surface area contributed by atoms with E-state index in [1.54, 1.807) is 24.3 Å². The Hall–Kier alpha value is -1.65. The summed E-state index contributed by atoms with van der Waals surface area (Å²) in [4.78, 5) is 15.2. The van der Waals surface area contributed by atoms with Crippen molar-refractivity contribution in [2.75, 3.05) is 0 Å². The lowest BCUT2D eigenvalue weighted by molar-refractivity contribution is -0.138. The number of carbonyl (C=O) groups is 1. The molecule has 0 saturated carbocycles. The minimum Gasteiger partial charge on any atom is -0.481 e. The first kappa shape index (κ1) is 14.8. The van der Waals surface area contributed by atoms with Gasteiger partial charge in [0.05, 0.1) is 10.7 Å². The maximum Gasteiger partial charge on any atom is 0.313 e. The van der Waals surface area contributed by atoms with Crippen LogP contribution in [-0.4, -0.2) is 16.1 Å². The lowest BCUT2D eigenvalue weighted by Gasteiger charge is -2.13. The fourth-order valence-corrected chi connectivity index (χ4v) is 2.22. The van der Waals surface area contributed by atoms with Crippen LogP contribution in [0.5, 0.6) is 0 Å². The van der Waals surface area contributed by atoms with Crippen LogP contribution in [0.4, 0.5) is 4.39 Å². The Morgan fingerprint density at radius 1 is 1.35 bits per heavy atom. The molecule has 0 amide bonds. The number of carboxylic acids is 1. The summed E-state index contributed by atoms with van der Waals surface area (Å²) in [6.45, 7) is 0. The summed E-state index contributed by atoms with van der Waals surface area (Å²) < 4.78 is 13.8. The van der Waals surface area contributed by atoms with Gasteiger partial charge in [0, 0.05) is 11.2 Å². The van der Waals surface area contributed by atoms with Gasteiger partial charge in [0.2, 0.25) is 0 Å². The highest BCUT2D eigenvalue weighted by molar-refractivity contribution is 6.31. The molecule has 0 spiro atoms. The van der Waals surface area contributed by atoms with Gasteiger partial charge >= 0.3 is 5.97 Å². The monoisotopic (exact) mass is 313 g/mol. The van der Waals surface area contributed by atoms with E-state index in [0.29, 0.717) is 10.6 Å². The summed E-state index contributed by atoms with van der Waals surface area (Å²) >= 11 is 11.6. The van der Waals surface area contributed by atoms with E-state index in [1.807, 2.05) is 0 Å². The van der Waals surface area contributed by atoms with Crippen LogP contribution in [0.1, 0.15) is 17.2 Å². The van der Waals surface area contributed by atoms with Crippen molar-refractivity contribution in [3.63, 3.8) is 0 Å². The summed E-state index contributed by atoms with van der Waals surface area (Å²) in [5.41, 5.74) is 0.472. The third kappa shape index (κ3) is 3.26. The summed E-state index contributed by atoms with van der Waals surface area (Å²) in [5.74, 6) is -3.03. The number of carboxylic acid groups (broad SMARTS) is 1. The second-order valence-electron chi connectivity index (χ2n) is 4.21. The van der Waals surface area contributed by atoms with Crippen LogP contribution in [0.3, 0.4) is 0 Å². The minimum atomic E-state index is -1.17. The molecule has 0 saturated heterocycles. The van der Waals surface area contributed by atoms with E-state index in [-0.39, 0.29) is 17.1 Å². The van der Waals surface area contributed by atoms with Crippen LogP contribution in [-0.2, 0) is 11.2 Å². The quantitative estimate of drug-likeness (QED) is 0.930. The van der Waals surface area contributed by atoms with E-state index in [0.717, 1.165) is 6.07 Å². The molecule has 104 valence electrons. The Balaban J connectivity index is 2.37. The van der Waals surface area contributed by atoms with Crippen molar-refractivity contribution < 1.29 is 14.3 Å². The highest BCUT2D eigenvalue weighted by atomic mass is 35.5. The fraction of sp³-hybridized carbons (Fsp3) is 0.143. The van der Waals surface area contributed by atoms with Crippen molar-refractivity contribution in [3.8, 4) is 0 Å². The van der Waals surface area contributed by atoms with Gasteiger partial charge in [-0.25, -0.2) is 4.39 Å². The number of hydrogen-bond acceptors (Lipinski definition) is 2. The molecule has 1 N–H and O–H groups in total. The van der Waals surface area contributed by atoms with E-state index >= 15 is 0 Å². The molecule has 3 nitrogen and oxygen atoms in total. The Morgan fingerprint density at radius 3 is 2.65 bits per heavy atom. The molecule has 0 aliphatic heterocycles. The summed E-state index contributed by atoms with van der Waals surface area (Å²) in [6, 6.07) is 7.88. The Morgan fingerprint density at radius 2 is 2.05 bits per heavy atom. The van der Waals surface area contributed by atoms with Crippen LogP contribution < -0.4 is 0 Å². The molecule has 2 aromatic rings. The van der Waals surface area contributed by atoms with Crippen molar-refractivity contribution in [2.24, 2.45) is 0 Å². The van der Waals surface area contributed by atoms with Crippen molar-refractivity contribution in [1.29, 1.82) is 0 Å². The van der Waals surface area contributed by atoms with Crippen LogP contribution in [0.25, 0.3) is 0 Å². The van der Waals surface area contributed by atoms with Crippen LogP contribution in [0.15, 0.2) is 36.5 Å². The summed E-state index contributed by atoms with van der Waals surface area (Å²) in [6.07, 6.45) is 1.28. The maximum atomic E-state index is 13.8. The average molecular weight is 314 g/mol. The van der Waals surface area contributed by atoms with Crippen molar-refractivity contribution in [1.82, 2.24) is 4.98 Å². The Labute approximate surface area is 125 Å². The van der Waals surface area contributed by atoms with E-state index in [4.69, 9.17) is 23.2 Å². The number of aliphatic carboxylic acids is 1. The summed E-state index contributed by atoms with van der Waals surface area (Å²) in [5, 5.41) is 9.85. The molecule has 1 heterocycles. The third-order valence-corrected chi connectivity index (χ3v) is 3.42. The van der Waals surface area contributed by atoms with Gasteiger partial charge in [-0.2, -0.15) is 0 Å². The largest absolute Gasteiger partial charge is 0.481 e. The van der Waals surface area contributed by atoms with Crippen LogP contribution >= 0.6 is 23.2 Å². The minimum absolute atomic E-state index is 0.0561. The molecule has 1 aromatic carbocycles. The third-order valence-electron chi connectivity index (χ3n) is 2.85. The van der Waals surface area contributed by atoms with E-state index in [2.05, 4.69) is 4.98 Å². The second kappa shape index (κ2) is 6.20. The Kier molecular flexibility index (Phi) is 4.57. The van der Waals surface area contributed by atoms with E-state index < -0.39 is 17.7 Å². The normalized spacial score (nSPS) is 12.2. The first-order valence-electron chi connectivity index (χ1n) is 5.76. The molecule has 0 fully saturated rings. The molecule has 0 bridgehead atoms. The lowest BCUT2D eigenvalue weighted by atomic mass is 9.95. The van der Waals surface area contributed by atoms with Gasteiger partial charge in [-0.3, -0.25) is 9.78 Å². The zero-order valence-corrected chi connectivity index (χ0v) is 11.7. The molecule has 6 heteroatoms. The standard InChI is InChI=1S/C14H10Cl2FNO2/c15-9-6-12(17)13(18-7-9)10(14(19)20)5-8-3-1-2-4-11(8)16/h1-4,6-7,10H,5H2,(H,19,20). The molecular weight excluding hydrogens is 304 g/mol. The predicted molar refractivity (Wildman–Crippen MR) is 74.7 cm³/mol. The number of pyridine rings is 1. The molecule has 1 unspecified atom stereocenters. The van der Waals surface area contributed by atoms with Crippen LogP contribution in [0.2, 0.25) is 10.0 Å². The van der Waals surface area contributed by atoms with Crippen LogP contribution in [0, 0.1) is 5.82 Å². The smallest absolute Gasteiger partial charge is 0.313 e. The van der Waals surface area contributed by atoms with Gasteiger partial charge in [-0.1, -0.05) is 41.4 Å². The van der Waals surface area contributed by atoms with Crippen molar-refractivity contribution in [2.45, 2.75) is 12.3 Å². The number of benzene rings is 1. The van der Waals surface area contributed by atoms with Gasteiger partial charge in [0.25, 0.3) is 0 Å². The van der Waals surface area contributed by atoms with Crippen molar-refractivity contribution >= 4 is 29.2 Å².